The maximum Gasteiger partial charge on any atom is 0.237 e. The fourth-order valence-electron chi connectivity index (χ4n) is 1.63. The van der Waals surface area contributed by atoms with Crippen LogP contribution in [0.25, 0.3) is 0 Å². The number of benzene rings is 1. The van der Waals surface area contributed by atoms with Crippen LogP contribution in [0.5, 0.6) is 0 Å². The van der Waals surface area contributed by atoms with Gasteiger partial charge in [-0.3, -0.25) is 4.79 Å². The molecule has 0 aliphatic heterocycles. The molecule has 0 aromatic heterocycles. The second-order valence-corrected chi connectivity index (χ2v) is 5.31. The summed E-state index contributed by atoms with van der Waals surface area (Å²) >= 11 is 0. The van der Waals surface area contributed by atoms with Crippen molar-refractivity contribution in [2.24, 2.45) is 16.3 Å². The summed E-state index contributed by atoms with van der Waals surface area (Å²) in [4.78, 5) is 12.2. The number of amides is 1. The average molecular weight is 263 g/mol. The Hall–Kier alpha value is -2.04. The van der Waals surface area contributed by atoms with E-state index in [0.717, 1.165) is 11.3 Å². The fourth-order valence-corrected chi connectivity index (χ4v) is 1.63. The highest BCUT2D eigenvalue weighted by Gasteiger charge is 2.33. The molecule has 0 atom stereocenters. The Balaban J connectivity index is 3.01. The molecule has 0 aliphatic rings. The molecule has 0 bridgehead atoms. The minimum absolute atomic E-state index is 0.118. The van der Waals surface area contributed by atoms with Crippen molar-refractivity contribution in [3.05, 3.63) is 29.8 Å². The number of oxime groups is 1. The van der Waals surface area contributed by atoms with Gasteiger partial charge in [0.1, 0.15) is 5.41 Å². The van der Waals surface area contributed by atoms with Crippen LogP contribution in [0.2, 0.25) is 0 Å². The van der Waals surface area contributed by atoms with Gasteiger partial charge in [0.15, 0.2) is 5.84 Å². The lowest BCUT2D eigenvalue weighted by atomic mass is 9.90. The summed E-state index contributed by atoms with van der Waals surface area (Å²) in [7, 11) is 0. The van der Waals surface area contributed by atoms with Gasteiger partial charge in [-0.25, -0.2) is 0 Å². The Morgan fingerprint density at radius 1 is 1.37 bits per heavy atom. The minimum Gasteiger partial charge on any atom is -0.409 e. The molecule has 104 valence electrons. The van der Waals surface area contributed by atoms with Crippen molar-refractivity contribution < 1.29 is 10.0 Å². The number of carbonyl (C=O) groups excluding carboxylic acids is 1. The normalized spacial score (nSPS) is 12.6. The van der Waals surface area contributed by atoms with Crippen LogP contribution >= 0.6 is 0 Å². The van der Waals surface area contributed by atoms with Crippen LogP contribution in [0.3, 0.4) is 0 Å². The number of hydrogen-bond acceptors (Lipinski definition) is 3. The Bertz CT molecular complexity index is 493. The number of rotatable bonds is 4. The SMILES string of the molecule is CC(C)c1ccccc1NC(=O)C(C)(C)C(N)=NO. The highest BCUT2D eigenvalue weighted by molar-refractivity contribution is 6.11. The van der Waals surface area contributed by atoms with E-state index in [4.69, 9.17) is 10.9 Å². The third-order valence-corrected chi connectivity index (χ3v) is 3.15. The summed E-state index contributed by atoms with van der Waals surface area (Å²) in [6, 6.07) is 7.60. The molecule has 1 rings (SSSR count). The molecule has 5 heteroatoms. The lowest BCUT2D eigenvalue weighted by Gasteiger charge is -2.23. The molecule has 5 nitrogen and oxygen atoms in total. The van der Waals surface area contributed by atoms with Crippen LogP contribution in [0.1, 0.15) is 39.2 Å². The number of nitrogens with one attached hydrogen (secondary N) is 1. The van der Waals surface area contributed by atoms with E-state index in [1.165, 1.54) is 0 Å². The van der Waals surface area contributed by atoms with E-state index >= 15 is 0 Å². The van der Waals surface area contributed by atoms with E-state index in [9.17, 15) is 4.79 Å². The average Bonchev–Trinajstić information content (AvgIpc) is 2.37. The van der Waals surface area contributed by atoms with Gasteiger partial charge in [0.05, 0.1) is 0 Å². The van der Waals surface area contributed by atoms with Gasteiger partial charge in [-0.1, -0.05) is 37.2 Å². The number of carbonyl (C=O) groups is 1. The van der Waals surface area contributed by atoms with Crippen molar-refractivity contribution in [3.63, 3.8) is 0 Å². The summed E-state index contributed by atoms with van der Waals surface area (Å²) in [6.45, 7) is 7.32. The maximum absolute atomic E-state index is 12.2. The van der Waals surface area contributed by atoms with Gasteiger partial charge in [-0.15, -0.1) is 0 Å². The third-order valence-electron chi connectivity index (χ3n) is 3.15. The van der Waals surface area contributed by atoms with Crippen LogP contribution in [0, 0.1) is 5.41 Å². The van der Waals surface area contributed by atoms with E-state index in [1.54, 1.807) is 13.8 Å². The molecule has 1 aromatic rings. The van der Waals surface area contributed by atoms with Gasteiger partial charge in [0.2, 0.25) is 5.91 Å². The van der Waals surface area contributed by atoms with E-state index in [2.05, 4.69) is 24.3 Å². The largest absolute Gasteiger partial charge is 0.409 e. The quantitative estimate of drug-likeness (QED) is 0.337. The molecule has 1 aromatic carbocycles. The fraction of sp³-hybridized carbons (Fsp3) is 0.429. The first-order valence-electron chi connectivity index (χ1n) is 6.19. The van der Waals surface area contributed by atoms with E-state index < -0.39 is 5.41 Å². The first-order chi connectivity index (χ1) is 8.80. The minimum atomic E-state index is -1.07. The molecular formula is C14H21N3O2. The summed E-state index contributed by atoms with van der Waals surface area (Å²) in [5, 5.41) is 14.5. The molecule has 0 spiro atoms. The van der Waals surface area contributed by atoms with Crippen LogP contribution in [0.15, 0.2) is 29.4 Å². The van der Waals surface area contributed by atoms with Gasteiger partial charge in [-0.05, 0) is 31.4 Å². The number of hydrogen-bond donors (Lipinski definition) is 3. The Labute approximate surface area is 113 Å². The van der Waals surface area contributed by atoms with E-state index in [-0.39, 0.29) is 11.7 Å². The summed E-state index contributed by atoms with van der Waals surface area (Å²) in [5.41, 5.74) is 6.27. The predicted molar refractivity (Wildman–Crippen MR) is 76.4 cm³/mol. The number of nitrogens with zero attached hydrogens (tertiary/aromatic N) is 1. The predicted octanol–water partition coefficient (Wildman–Crippen LogP) is 2.52. The smallest absolute Gasteiger partial charge is 0.237 e. The van der Waals surface area contributed by atoms with Crippen LogP contribution < -0.4 is 11.1 Å². The summed E-state index contributed by atoms with van der Waals surface area (Å²) < 4.78 is 0. The molecule has 0 fully saturated rings. The van der Waals surface area contributed by atoms with Crippen molar-refractivity contribution >= 4 is 17.4 Å². The lowest BCUT2D eigenvalue weighted by molar-refractivity contribution is -0.121. The Morgan fingerprint density at radius 2 is 1.95 bits per heavy atom. The molecule has 0 heterocycles. The molecule has 0 unspecified atom stereocenters. The maximum atomic E-state index is 12.2. The lowest BCUT2D eigenvalue weighted by Crippen LogP contribution is -2.42. The highest BCUT2D eigenvalue weighted by Crippen LogP contribution is 2.26. The topological polar surface area (TPSA) is 87.7 Å². The molecule has 0 aliphatic carbocycles. The van der Waals surface area contributed by atoms with Gasteiger partial charge >= 0.3 is 0 Å². The van der Waals surface area contributed by atoms with Gasteiger partial charge in [0.25, 0.3) is 0 Å². The zero-order valence-corrected chi connectivity index (χ0v) is 11.8. The number of amidine groups is 1. The number of anilines is 1. The number of para-hydroxylation sites is 1. The van der Waals surface area contributed by atoms with Crippen molar-refractivity contribution in [1.29, 1.82) is 0 Å². The second kappa shape index (κ2) is 5.73. The summed E-state index contributed by atoms with van der Waals surface area (Å²) in [6.07, 6.45) is 0. The second-order valence-electron chi connectivity index (χ2n) is 5.31. The molecule has 0 saturated heterocycles. The molecular weight excluding hydrogens is 242 g/mol. The van der Waals surface area contributed by atoms with E-state index in [1.807, 2.05) is 24.3 Å². The third kappa shape index (κ3) is 3.24. The van der Waals surface area contributed by atoms with Gasteiger partial charge in [-0.2, -0.15) is 0 Å². The van der Waals surface area contributed by atoms with Crippen molar-refractivity contribution in [3.8, 4) is 0 Å². The molecule has 19 heavy (non-hydrogen) atoms. The van der Waals surface area contributed by atoms with Crippen molar-refractivity contribution in [2.75, 3.05) is 5.32 Å². The van der Waals surface area contributed by atoms with Crippen LogP contribution in [-0.2, 0) is 4.79 Å². The highest BCUT2D eigenvalue weighted by atomic mass is 16.4. The standard InChI is InChI=1S/C14H21N3O2/c1-9(2)10-7-5-6-8-11(10)16-13(18)14(3,4)12(15)17-19/h5-9,19H,1-4H3,(H2,15,17)(H,16,18). The van der Waals surface area contributed by atoms with Crippen LogP contribution in [0.4, 0.5) is 5.69 Å². The monoisotopic (exact) mass is 263 g/mol. The van der Waals surface area contributed by atoms with Crippen molar-refractivity contribution in [2.45, 2.75) is 33.6 Å². The molecule has 4 N–H and O–H groups in total. The first-order valence-corrected chi connectivity index (χ1v) is 6.19. The number of nitrogens with two attached hydrogens (primary N) is 1. The zero-order valence-electron chi connectivity index (χ0n) is 11.8. The Morgan fingerprint density at radius 3 is 2.47 bits per heavy atom. The zero-order chi connectivity index (χ0) is 14.6. The molecule has 0 radical (unpaired) electrons. The van der Waals surface area contributed by atoms with Gasteiger partial charge < -0.3 is 16.3 Å². The van der Waals surface area contributed by atoms with Gasteiger partial charge in [0, 0.05) is 5.69 Å². The molecule has 0 saturated carbocycles. The first kappa shape index (κ1) is 15.0. The molecule has 1 amide bonds. The summed E-state index contributed by atoms with van der Waals surface area (Å²) in [5.74, 6) is -0.133. The van der Waals surface area contributed by atoms with Crippen molar-refractivity contribution in [1.82, 2.24) is 0 Å². The van der Waals surface area contributed by atoms with Crippen LogP contribution in [-0.4, -0.2) is 17.0 Å². The Kier molecular flexibility index (Phi) is 4.53. The van der Waals surface area contributed by atoms with E-state index in [0.29, 0.717) is 5.92 Å².